The number of amides is 1. The smallest absolute Gasteiger partial charge is 0.269 e. The number of hydrogen-bond donors (Lipinski definition) is 3. The summed E-state index contributed by atoms with van der Waals surface area (Å²) in [6, 6.07) is 10.3. The van der Waals surface area contributed by atoms with E-state index in [-0.39, 0.29) is 5.69 Å². The first-order valence-corrected chi connectivity index (χ1v) is 6.01. The molecule has 20 heavy (non-hydrogen) atoms. The van der Waals surface area contributed by atoms with E-state index in [1.54, 1.807) is 30.3 Å². The number of nitrogen functional groups attached to an aromatic ring is 1. The summed E-state index contributed by atoms with van der Waals surface area (Å²) in [5, 5.41) is 10.5. The third-order valence-corrected chi connectivity index (χ3v) is 2.47. The zero-order valence-corrected chi connectivity index (χ0v) is 10.7. The van der Waals surface area contributed by atoms with Crippen LogP contribution in [-0.2, 0) is 0 Å². The molecular formula is C13H15N5O2. The van der Waals surface area contributed by atoms with Crippen LogP contribution in [0.1, 0.15) is 10.5 Å². The number of nitrogens with one attached hydrogen (secondary N) is 1. The fourth-order valence-electron chi connectivity index (χ4n) is 1.47. The van der Waals surface area contributed by atoms with Gasteiger partial charge in [-0.15, -0.1) is 10.2 Å². The Labute approximate surface area is 115 Å². The number of rotatable bonds is 6. The zero-order chi connectivity index (χ0) is 14.4. The van der Waals surface area contributed by atoms with Crippen LogP contribution in [0.4, 0.5) is 11.5 Å². The lowest BCUT2D eigenvalue weighted by molar-refractivity contribution is 0.0994. The summed E-state index contributed by atoms with van der Waals surface area (Å²) in [6.45, 7) is 1.01. The van der Waals surface area contributed by atoms with Gasteiger partial charge in [-0.3, -0.25) is 4.79 Å². The van der Waals surface area contributed by atoms with Crippen molar-refractivity contribution in [2.75, 3.05) is 24.2 Å². The molecule has 5 N–H and O–H groups in total. The number of carbonyl (C=O) groups excluding carboxylic acids is 1. The van der Waals surface area contributed by atoms with Gasteiger partial charge in [0.15, 0.2) is 5.69 Å². The SMILES string of the molecule is NC(=O)c1ccc(NCCOc2ccc(N)cc2)nn1. The van der Waals surface area contributed by atoms with Crippen molar-refractivity contribution < 1.29 is 9.53 Å². The molecule has 0 unspecified atom stereocenters. The molecule has 0 aliphatic rings. The minimum Gasteiger partial charge on any atom is -0.492 e. The molecule has 1 aromatic carbocycles. The first kappa shape index (κ1) is 13.6. The van der Waals surface area contributed by atoms with Crippen LogP contribution in [0.2, 0.25) is 0 Å². The van der Waals surface area contributed by atoms with Crippen molar-refractivity contribution >= 4 is 17.4 Å². The highest BCUT2D eigenvalue weighted by atomic mass is 16.5. The number of ether oxygens (including phenoxy) is 1. The molecule has 0 aliphatic carbocycles. The maximum atomic E-state index is 10.8. The van der Waals surface area contributed by atoms with Crippen molar-refractivity contribution in [3.05, 3.63) is 42.1 Å². The molecule has 0 atom stereocenters. The summed E-state index contributed by atoms with van der Waals surface area (Å²) >= 11 is 0. The molecule has 0 saturated carbocycles. The molecular weight excluding hydrogens is 258 g/mol. The minimum absolute atomic E-state index is 0.133. The number of benzene rings is 1. The Morgan fingerprint density at radius 1 is 1.15 bits per heavy atom. The van der Waals surface area contributed by atoms with Gasteiger partial charge in [-0.2, -0.15) is 0 Å². The Kier molecular flexibility index (Phi) is 4.33. The van der Waals surface area contributed by atoms with Crippen LogP contribution in [0.15, 0.2) is 36.4 Å². The van der Waals surface area contributed by atoms with Crippen molar-refractivity contribution in [1.29, 1.82) is 0 Å². The van der Waals surface area contributed by atoms with Crippen LogP contribution in [0.5, 0.6) is 5.75 Å². The van der Waals surface area contributed by atoms with Crippen LogP contribution in [0, 0.1) is 0 Å². The average Bonchev–Trinajstić information content (AvgIpc) is 2.46. The van der Waals surface area contributed by atoms with Crippen LogP contribution in [0.25, 0.3) is 0 Å². The number of nitrogens with two attached hydrogens (primary N) is 2. The topological polar surface area (TPSA) is 116 Å². The van der Waals surface area contributed by atoms with Gasteiger partial charge in [0.1, 0.15) is 18.2 Å². The molecule has 0 spiro atoms. The Morgan fingerprint density at radius 2 is 1.90 bits per heavy atom. The van der Waals surface area contributed by atoms with E-state index in [9.17, 15) is 4.79 Å². The van der Waals surface area contributed by atoms with Crippen LogP contribution in [-0.4, -0.2) is 29.3 Å². The van der Waals surface area contributed by atoms with Gasteiger partial charge in [0.2, 0.25) is 0 Å². The maximum Gasteiger partial charge on any atom is 0.269 e. The van der Waals surface area contributed by atoms with E-state index in [1.807, 2.05) is 0 Å². The number of primary amides is 1. The van der Waals surface area contributed by atoms with Gasteiger partial charge in [-0.1, -0.05) is 0 Å². The van der Waals surface area contributed by atoms with E-state index in [2.05, 4.69) is 15.5 Å². The minimum atomic E-state index is -0.601. The van der Waals surface area contributed by atoms with Crippen molar-refractivity contribution in [3.8, 4) is 5.75 Å². The molecule has 1 aromatic heterocycles. The molecule has 0 bridgehead atoms. The largest absolute Gasteiger partial charge is 0.492 e. The van der Waals surface area contributed by atoms with Gasteiger partial charge < -0.3 is 21.5 Å². The van der Waals surface area contributed by atoms with E-state index in [1.165, 1.54) is 6.07 Å². The summed E-state index contributed by atoms with van der Waals surface area (Å²) in [5.41, 5.74) is 11.5. The third kappa shape index (κ3) is 3.84. The predicted molar refractivity (Wildman–Crippen MR) is 75.4 cm³/mol. The number of aromatic nitrogens is 2. The summed E-state index contributed by atoms with van der Waals surface area (Å²) in [6.07, 6.45) is 0. The Balaban J connectivity index is 1.75. The Morgan fingerprint density at radius 3 is 2.50 bits per heavy atom. The molecule has 2 rings (SSSR count). The molecule has 7 nitrogen and oxygen atoms in total. The second kappa shape index (κ2) is 6.37. The summed E-state index contributed by atoms with van der Waals surface area (Å²) in [7, 11) is 0. The van der Waals surface area contributed by atoms with E-state index in [0.717, 1.165) is 5.75 Å². The second-order valence-electron chi connectivity index (χ2n) is 4.01. The number of hydrogen-bond acceptors (Lipinski definition) is 6. The standard InChI is InChI=1S/C13H15N5O2/c14-9-1-3-10(4-2-9)20-8-7-16-12-6-5-11(13(15)19)17-18-12/h1-6H,7-8,14H2,(H2,15,19)(H,16,18). The third-order valence-electron chi connectivity index (χ3n) is 2.47. The lowest BCUT2D eigenvalue weighted by Crippen LogP contribution is -2.16. The maximum absolute atomic E-state index is 10.8. The molecule has 2 aromatic rings. The molecule has 104 valence electrons. The fraction of sp³-hybridized carbons (Fsp3) is 0.154. The summed E-state index contributed by atoms with van der Waals surface area (Å²) in [4.78, 5) is 10.8. The Bertz CT molecular complexity index is 568. The van der Waals surface area contributed by atoms with E-state index in [0.29, 0.717) is 24.7 Å². The molecule has 1 heterocycles. The van der Waals surface area contributed by atoms with Gasteiger partial charge in [-0.25, -0.2) is 0 Å². The lowest BCUT2D eigenvalue weighted by atomic mass is 10.3. The summed E-state index contributed by atoms with van der Waals surface area (Å²) < 4.78 is 5.50. The highest BCUT2D eigenvalue weighted by molar-refractivity contribution is 5.90. The van der Waals surface area contributed by atoms with Gasteiger partial charge >= 0.3 is 0 Å². The molecule has 0 aliphatic heterocycles. The van der Waals surface area contributed by atoms with Gasteiger partial charge in [0, 0.05) is 5.69 Å². The van der Waals surface area contributed by atoms with Crippen molar-refractivity contribution in [2.45, 2.75) is 0 Å². The van der Waals surface area contributed by atoms with Crippen LogP contribution in [0.3, 0.4) is 0 Å². The van der Waals surface area contributed by atoms with Crippen molar-refractivity contribution in [3.63, 3.8) is 0 Å². The quantitative estimate of drug-likeness (QED) is 0.525. The van der Waals surface area contributed by atoms with Gasteiger partial charge in [-0.05, 0) is 36.4 Å². The number of nitrogens with zero attached hydrogens (tertiary/aromatic N) is 2. The monoisotopic (exact) mass is 273 g/mol. The normalized spacial score (nSPS) is 10.0. The highest BCUT2D eigenvalue weighted by Gasteiger charge is 2.02. The lowest BCUT2D eigenvalue weighted by Gasteiger charge is -2.08. The van der Waals surface area contributed by atoms with Gasteiger partial charge in [0.25, 0.3) is 5.91 Å². The van der Waals surface area contributed by atoms with Crippen molar-refractivity contribution in [1.82, 2.24) is 10.2 Å². The molecule has 0 fully saturated rings. The molecule has 7 heteroatoms. The van der Waals surface area contributed by atoms with Gasteiger partial charge in [0.05, 0.1) is 6.54 Å². The average molecular weight is 273 g/mol. The predicted octanol–water partition coefficient (Wildman–Crippen LogP) is 0.649. The van der Waals surface area contributed by atoms with E-state index >= 15 is 0 Å². The zero-order valence-electron chi connectivity index (χ0n) is 10.7. The van der Waals surface area contributed by atoms with E-state index < -0.39 is 5.91 Å². The van der Waals surface area contributed by atoms with Crippen LogP contribution < -0.4 is 21.5 Å². The second-order valence-corrected chi connectivity index (χ2v) is 4.01. The van der Waals surface area contributed by atoms with Crippen LogP contribution >= 0.6 is 0 Å². The highest BCUT2D eigenvalue weighted by Crippen LogP contribution is 2.12. The number of anilines is 2. The first-order valence-electron chi connectivity index (χ1n) is 6.01. The Hall–Kier alpha value is -2.83. The first-order chi connectivity index (χ1) is 9.65. The summed E-state index contributed by atoms with van der Waals surface area (Å²) in [5.74, 6) is 0.697. The van der Waals surface area contributed by atoms with Crippen molar-refractivity contribution in [2.24, 2.45) is 5.73 Å². The molecule has 0 radical (unpaired) electrons. The number of carbonyl (C=O) groups is 1. The fourth-order valence-corrected chi connectivity index (χ4v) is 1.47. The molecule has 1 amide bonds. The van der Waals surface area contributed by atoms with E-state index in [4.69, 9.17) is 16.2 Å². The molecule has 0 saturated heterocycles.